The molecule has 0 unspecified atom stereocenters. The number of aromatic nitrogens is 4. The van der Waals surface area contributed by atoms with Crippen LogP contribution in [0, 0.1) is 20.8 Å². The van der Waals surface area contributed by atoms with Crippen molar-refractivity contribution >= 4 is 11.6 Å². The quantitative estimate of drug-likeness (QED) is 0.528. The third-order valence-corrected chi connectivity index (χ3v) is 5.85. The zero-order valence-electron chi connectivity index (χ0n) is 18.0. The molecule has 2 heterocycles. The molecule has 0 atom stereocenters. The number of benzene rings is 2. The number of aryl methyl sites for hydroxylation is 3. The zero-order valence-corrected chi connectivity index (χ0v) is 18.0. The van der Waals surface area contributed by atoms with Gasteiger partial charge in [-0.2, -0.15) is 10.2 Å². The minimum atomic E-state index is -0.170. The van der Waals surface area contributed by atoms with Crippen LogP contribution in [0.1, 0.15) is 45.1 Å². The number of anilines is 1. The molecule has 1 amide bonds. The van der Waals surface area contributed by atoms with E-state index in [1.807, 2.05) is 65.7 Å². The maximum atomic E-state index is 13.2. The standard InChI is InChI=1S/C25H25N5O/c1-16-8-4-5-12-22(16)30-23-13-7-11-21(23)24(28-30)25(31)26-19-9-6-10-20(15-19)29-18(3)14-17(2)27-29/h4-6,8-10,12,14-15H,7,11,13H2,1-3H3,(H,26,31). The van der Waals surface area contributed by atoms with Crippen LogP contribution in [0.5, 0.6) is 0 Å². The lowest BCUT2D eigenvalue weighted by atomic mass is 10.1. The van der Waals surface area contributed by atoms with Gasteiger partial charge < -0.3 is 5.32 Å². The van der Waals surface area contributed by atoms with Crippen LogP contribution in [0.15, 0.2) is 54.6 Å². The average Bonchev–Trinajstić information content (AvgIpc) is 3.44. The molecule has 31 heavy (non-hydrogen) atoms. The Morgan fingerprint density at radius 1 is 0.935 bits per heavy atom. The van der Waals surface area contributed by atoms with Crippen LogP contribution in [-0.2, 0) is 12.8 Å². The van der Waals surface area contributed by atoms with Gasteiger partial charge in [0.15, 0.2) is 5.69 Å². The first-order valence-electron chi connectivity index (χ1n) is 10.6. The first-order valence-corrected chi connectivity index (χ1v) is 10.6. The molecule has 0 spiro atoms. The summed E-state index contributed by atoms with van der Waals surface area (Å²) in [6, 6.07) is 17.9. The summed E-state index contributed by atoms with van der Waals surface area (Å²) in [6.45, 7) is 6.07. The molecule has 0 saturated carbocycles. The molecule has 2 aromatic carbocycles. The molecule has 6 nitrogen and oxygen atoms in total. The SMILES string of the molecule is Cc1cc(C)n(-c2cccc(NC(=O)c3nn(-c4ccccc4C)c4c3CCC4)c2)n1. The molecule has 1 N–H and O–H groups in total. The lowest BCUT2D eigenvalue weighted by molar-refractivity contribution is 0.102. The van der Waals surface area contributed by atoms with Crippen molar-refractivity contribution < 1.29 is 4.79 Å². The van der Waals surface area contributed by atoms with E-state index in [1.165, 1.54) is 0 Å². The molecule has 6 heteroatoms. The average molecular weight is 412 g/mol. The minimum Gasteiger partial charge on any atom is -0.321 e. The van der Waals surface area contributed by atoms with Gasteiger partial charge in [0.05, 0.1) is 17.1 Å². The first-order chi connectivity index (χ1) is 15.0. The Hall–Kier alpha value is -3.67. The number of nitrogens with one attached hydrogen (secondary N) is 1. The Morgan fingerprint density at radius 2 is 1.77 bits per heavy atom. The third-order valence-electron chi connectivity index (χ3n) is 5.85. The minimum absolute atomic E-state index is 0.170. The van der Waals surface area contributed by atoms with Crippen molar-refractivity contribution in [2.24, 2.45) is 0 Å². The summed E-state index contributed by atoms with van der Waals surface area (Å²) in [6.07, 6.45) is 2.87. The second-order valence-electron chi connectivity index (χ2n) is 8.17. The summed E-state index contributed by atoms with van der Waals surface area (Å²) in [5.74, 6) is -0.170. The highest BCUT2D eigenvalue weighted by atomic mass is 16.2. The Kier molecular flexibility index (Phi) is 4.70. The first kappa shape index (κ1) is 19.3. The summed E-state index contributed by atoms with van der Waals surface area (Å²) >= 11 is 0. The fraction of sp³-hybridized carbons (Fsp3) is 0.240. The van der Waals surface area contributed by atoms with E-state index in [1.54, 1.807) is 0 Å². The Balaban J connectivity index is 1.47. The van der Waals surface area contributed by atoms with E-state index in [2.05, 4.69) is 29.5 Å². The summed E-state index contributed by atoms with van der Waals surface area (Å²) in [7, 11) is 0. The number of rotatable bonds is 4. The highest BCUT2D eigenvalue weighted by Crippen LogP contribution is 2.29. The number of carbonyl (C=O) groups is 1. The van der Waals surface area contributed by atoms with E-state index in [0.29, 0.717) is 5.69 Å². The molecule has 0 aliphatic heterocycles. The molecule has 5 rings (SSSR count). The van der Waals surface area contributed by atoms with Crippen molar-refractivity contribution in [3.05, 3.63) is 88.5 Å². The zero-order chi connectivity index (χ0) is 21.5. The monoisotopic (exact) mass is 411 g/mol. The summed E-state index contributed by atoms with van der Waals surface area (Å²) in [5, 5.41) is 12.3. The van der Waals surface area contributed by atoms with Gasteiger partial charge in [0.1, 0.15) is 0 Å². The molecular weight excluding hydrogens is 386 g/mol. The topological polar surface area (TPSA) is 64.7 Å². The number of fused-ring (bicyclic) bond motifs is 1. The predicted molar refractivity (Wildman–Crippen MR) is 121 cm³/mol. The van der Waals surface area contributed by atoms with Gasteiger partial charge in [-0.25, -0.2) is 9.36 Å². The van der Waals surface area contributed by atoms with Gasteiger partial charge in [-0.15, -0.1) is 0 Å². The predicted octanol–water partition coefficient (Wildman–Crippen LogP) is 4.72. The highest BCUT2D eigenvalue weighted by Gasteiger charge is 2.27. The van der Waals surface area contributed by atoms with E-state index in [9.17, 15) is 4.79 Å². The molecule has 4 aromatic rings. The molecule has 1 aliphatic rings. The number of nitrogens with zero attached hydrogens (tertiary/aromatic N) is 4. The second kappa shape index (κ2) is 7.54. The van der Waals surface area contributed by atoms with Crippen molar-refractivity contribution in [3.63, 3.8) is 0 Å². The summed E-state index contributed by atoms with van der Waals surface area (Å²) in [4.78, 5) is 13.2. The van der Waals surface area contributed by atoms with Crippen molar-refractivity contribution in [1.82, 2.24) is 19.6 Å². The summed E-state index contributed by atoms with van der Waals surface area (Å²) < 4.78 is 3.84. The Morgan fingerprint density at radius 3 is 2.55 bits per heavy atom. The van der Waals surface area contributed by atoms with Crippen LogP contribution in [0.2, 0.25) is 0 Å². The van der Waals surface area contributed by atoms with Gasteiger partial charge in [-0.05, 0) is 75.9 Å². The van der Waals surface area contributed by atoms with Gasteiger partial charge in [0, 0.05) is 22.6 Å². The van der Waals surface area contributed by atoms with Crippen molar-refractivity contribution in [1.29, 1.82) is 0 Å². The summed E-state index contributed by atoms with van der Waals surface area (Å²) in [5.41, 5.74) is 8.57. The van der Waals surface area contributed by atoms with E-state index in [0.717, 1.165) is 64.5 Å². The normalized spacial score (nSPS) is 12.7. The number of amides is 1. The fourth-order valence-electron chi connectivity index (χ4n) is 4.42. The van der Waals surface area contributed by atoms with Crippen molar-refractivity contribution in [2.45, 2.75) is 40.0 Å². The lowest BCUT2D eigenvalue weighted by Gasteiger charge is -2.09. The molecule has 0 fully saturated rings. The van der Waals surface area contributed by atoms with E-state index in [4.69, 9.17) is 5.10 Å². The van der Waals surface area contributed by atoms with Crippen LogP contribution in [-0.4, -0.2) is 25.5 Å². The van der Waals surface area contributed by atoms with Gasteiger partial charge in [0.25, 0.3) is 5.91 Å². The third kappa shape index (κ3) is 3.44. The van der Waals surface area contributed by atoms with Gasteiger partial charge in [-0.1, -0.05) is 24.3 Å². The van der Waals surface area contributed by atoms with Gasteiger partial charge >= 0.3 is 0 Å². The highest BCUT2D eigenvalue weighted by molar-refractivity contribution is 6.04. The van der Waals surface area contributed by atoms with Gasteiger partial charge in [0.2, 0.25) is 0 Å². The van der Waals surface area contributed by atoms with Crippen LogP contribution in [0.4, 0.5) is 5.69 Å². The van der Waals surface area contributed by atoms with Crippen LogP contribution in [0.3, 0.4) is 0 Å². The molecule has 0 bridgehead atoms. The molecule has 2 aromatic heterocycles. The molecule has 0 saturated heterocycles. The Bertz CT molecular complexity index is 1300. The maximum absolute atomic E-state index is 13.2. The van der Waals surface area contributed by atoms with Crippen LogP contribution in [0.25, 0.3) is 11.4 Å². The maximum Gasteiger partial charge on any atom is 0.276 e. The second-order valence-corrected chi connectivity index (χ2v) is 8.17. The van der Waals surface area contributed by atoms with Crippen molar-refractivity contribution in [3.8, 4) is 11.4 Å². The van der Waals surface area contributed by atoms with E-state index >= 15 is 0 Å². The smallest absolute Gasteiger partial charge is 0.276 e. The number of hydrogen-bond acceptors (Lipinski definition) is 3. The van der Waals surface area contributed by atoms with Crippen molar-refractivity contribution in [2.75, 3.05) is 5.32 Å². The number of carbonyl (C=O) groups excluding carboxylic acids is 1. The fourth-order valence-corrected chi connectivity index (χ4v) is 4.42. The lowest BCUT2D eigenvalue weighted by Crippen LogP contribution is -2.15. The largest absolute Gasteiger partial charge is 0.321 e. The van der Waals surface area contributed by atoms with Gasteiger partial charge in [-0.3, -0.25) is 4.79 Å². The molecular formula is C25H25N5O. The molecule has 156 valence electrons. The van der Waals surface area contributed by atoms with Crippen LogP contribution >= 0.6 is 0 Å². The Labute approximate surface area is 181 Å². The van der Waals surface area contributed by atoms with E-state index < -0.39 is 0 Å². The molecule has 1 aliphatic carbocycles. The molecule has 0 radical (unpaired) electrons. The number of para-hydroxylation sites is 1. The van der Waals surface area contributed by atoms with Crippen LogP contribution < -0.4 is 5.32 Å². The number of hydrogen-bond donors (Lipinski definition) is 1. The van der Waals surface area contributed by atoms with E-state index in [-0.39, 0.29) is 5.91 Å².